The summed E-state index contributed by atoms with van der Waals surface area (Å²) in [6.45, 7) is 3.26. The van der Waals surface area contributed by atoms with E-state index in [1.807, 2.05) is 6.92 Å². The van der Waals surface area contributed by atoms with Crippen molar-refractivity contribution in [3.8, 4) is 0 Å². The molecule has 0 saturated carbocycles. The number of nitrogens with zero attached hydrogens (tertiary/aromatic N) is 3. The van der Waals surface area contributed by atoms with E-state index in [0.29, 0.717) is 23.7 Å². The van der Waals surface area contributed by atoms with E-state index in [1.165, 1.54) is 0 Å². The maximum atomic E-state index is 12.5. The van der Waals surface area contributed by atoms with E-state index in [4.69, 9.17) is 4.74 Å². The average molecular weight is 348 g/mol. The molecular formula is C13H19Cl2N5O2. The molecule has 1 fully saturated rings. The molecule has 0 bridgehead atoms. The summed E-state index contributed by atoms with van der Waals surface area (Å²) >= 11 is 0. The van der Waals surface area contributed by atoms with Crippen LogP contribution >= 0.6 is 24.8 Å². The highest BCUT2D eigenvalue weighted by molar-refractivity contribution is 5.94. The second-order valence-electron chi connectivity index (χ2n) is 4.85. The van der Waals surface area contributed by atoms with Crippen LogP contribution in [0.15, 0.2) is 18.5 Å². The molecule has 2 aromatic heterocycles. The predicted octanol–water partition coefficient (Wildman–Crippen LogP) is 0.598. The first-order chi connectivity index (χ1) is 9.70. The van der Waals surface area contributed by atoms with Crippen molar-refractivity contribution in [1.82, 2.24) is 25.0 Å². The van der Waals surface area contributed by atoms with Crippen LogP contribution in [-0.2, 0) is 4.74 Å². The normalized spacial score (nSPS) is 20.3. The highest BCUT2D eigenvalue weighted by atomic mass is 35.5. The van der Waals surface area contributed by atoms with Crippen LogP contribution in [0.25, 0.3) is 5.78 Å². The summed E-state index contributed by atoms with van der Waals surface area (Å²) in [5.74, 6) is 0.377. The first kappa shape index (κ1) is 18.6. The number of fused-ring (bicyclic) bond motifs is 1. The van der Waals surface area contributed by atoms with Crippen LogP contribution in [0, 0.1) is 6.92 Å². The molecule has 0 aromatic carbocycles. The fraction of sp³-hybridized carbons (Fsp3) is 0.462. The lowest BCUT2D eigenvalue weighted by Gasteiger charge is -2.18. The van der Waals surface area contributed by atoms with Gasteiger partial charge in [0.25, 0.3) is 5.91 Å². The standard InChI is InChI=1S/C13H17N5O2.2ClH/c1-8-11(18-5-3-4-15-13(18)16-8)12(19)17-9-6-14-7-10(9)20-2;;/h3-5,9-10,14H,6-7H2,1-2H3,(H,17,19);2*1H/t9-,10-;;/m0../s1. The van der Waals surface area contributed by atoms with Gasteiger partial charge in [0.1, 0.15) is 5.69 Å². The first-order valence-corrected chi connectivity index (χ1v) is 6.54. The first-order valence-electron chi connectivity index (χ1n) is 6.54. The number of rotatable bonds is 3. The molecule has 0 aliphatic carbocycles. The number of hydrogen-bond donors (Lipinski definition) is 2. The third-order valence-corrected chi connectivity index (χ3v) is 3.57. The summed E-state index contributed by atoms with van der Waals surface area (Å²) in [6, 6.07) is 1.74. The number of hydrogen-bond acceptors (Lipinski definition) is 5. The third kappa shape index (κ3) is 3.33. The van der Waals surface area contributed by atoms with E-state index in [0.717, 1.165) is 6.54 Å². The number of carbonyl (C=O) groups excluding carboxylic acids is 1. The summed E-state index contributed by atoms with van der Waals surface area (Å²) in [5, 5.41) is 6.20. The van der Waals surface area contributed by atoms with Crippen LogP contribution in [-0.4, -0.2) is 52.6 Å². The van der Waals surface area contributed by atoms with Crippen molar-refractivity contribution < 1.29 is 9.53 Å². The molecule has 1 aliphatic rings. The van der Waals surface area contributed by atoms with Gasteiger partial charge in [0.15, 0.2) is 0 Å². The summed E-state index contributed by atoms with van der Waals surface area (Å²) in [4.78, 5) is 20.9. The Morgan fingerprint density at radius 1 is 1.45 bits per heavy atom. The Morgan fingerprint density at radius 3 is 2.95 bits per heavy atom. The minimum atomic E-state index is -0.154. The number of halogens is 2. The zero-order valence-corrected chi connectivity index (χ0v) is 13.9. The molecule has 22 heavy (non-hydrogen) atoms. The van der Waals surface area contributed by atoms with Crippen molar-refractivity contribution in [3.63, 3.8) is 0 Å². The van der Waals surface area contributed by atoms with E-state index in [2.05, 4.69) is 20.6 Å². The van der Waals surface area contributed by atoms with E-state index in [1.54, 1.807) is 30.0 Å². The molecule has 9 heteroatoms. The molecular weight excluding hydrogens is 329 g/mol. The smallest absolute Gasteiger partial charge is 0.270 e. The number of methoxy groups -OCH3 is 1. The van der Waals surface area contributed by atoms with Crippen molar-refractivity contribution >= 4 is 36.5 Å². The van der Waals surface area contributed by atoms with Gasteiger partial charge < -0.3 is 15.4 Å². The Morgan fingerprint density at radius 2 is 2.23 bits per heavy atom. The molecule has 2 aromatic rings. The van der Waals surface area contributed by atoms with Crippen LogP contribution < -0.4 is 10.6 Å². The molecule has 122 valence electrons. The molecule has 1 aliphatic heterocycles. The highest BCUT2D eigenvalue weighted by Gasteiger charge is 2.29. The summed E-state index contributed by atoms with van der Waals surface area (Å²) in [7, 11) is 1.65. The van der Waals surface area contributed by atoms with E-state index < -0.39 is 0 Å². The Bertz CT molecular complexity index is 648. The molecule has 7 nitrogen and oxygen atoms in total. The lowest BCUT2D eigenvalue weighted by Crippen LogP contribution is -2.44. The van der Waals surface area contributed by atoms with Crippen LogP contribution in [0.2, 0.25) is 0 Å². The summed E-state index contributed by atoms with van der Waals surface area (Å²) in [6.07, 6.45) is 3.44. The Balaban J connectivity index is 0.00000121. The molecule has 2 atom stereocenters. The maximum Gasteiger partial charge on any atom is 0.270 e. The van der Waals surface area contributed by atoms with Crippen molar-refractivity contribution in [1.29, 1.82) is 0 Å². The number of carbonyl (C=O) groups is 1. The van der Waals surface area contributed by atoms with Crippen molar-refractivity contribution in [2.45, 2.75) is 19.1 Å². The van der Waals surface area contributed by atoms with E-state index in [9.17, 15) is 4.79 Å². The molecule has 1 saturated heterocycles. The number of imidazole rings is 1. The van der Waals surface area contributed by atoms with Gasteiger partial charge in [-0.25, -0.2) is 9.97 Å². The molecule has 2 N–H and O–H groups in total. The van der Waals surface area contributed by atoms with Gasteiger partial charge in [-0.1, -0.05) is 0 Å². The lowest BCUT2D eigenvalue weighted by atomic mass is 10.2. The zero-order valence-electron chi connectivity index (χ0n) is 12.3. The largest absolute Gasteiger partial charge is 0.378 e. The highest BCUT2D eigenvalue weighted by Crippen LogP contribution is 2.11. The number of aryl methyl sites for hydroxylation is 1. The van der Waals surface area contributed by atoms with E-state index >= 15 is 0 Å². The number of ether oxygens (including phenoxy) is 1. The van der Waals surface area contributed by atoms with Crippen LogP contribution in [0.1, 0.15) is 16.2 Å². The van der Waals surface area contributed by atoms with Gasteiger partial charge >= 0.3 is 0 Å². The Kier molecular flexibility index (Phi) is 6.55. The van der Waals surface area contributed by atoms with E-state index in [-0.39, 0.29) is 42.9 Å². The monoisotopic (exact) mass is 347 g/mol. The third-order valence-electron chi connectivity index (χ3n) is 3.57. The molecule has 0 spiro atoms. The zero-order chi connectivity index (χ0) is 14.1. The van der Waals surface area contributed by atoms with Gasteiger partial charge in [-0.05, 0) is 13.0 Å². The van der Waals surface area contributed by atoms with Crippen LogP contribution in [0.4, 0.5) is 0 Å². The summed E-state index contributed by atoms with van der Waals surface area (Å²) < 4.78 is 7.05. The molecule has 0 unspecified atom stereocenters. The molecule has 1 amide bonds. The van der Waals surface area contributed by atoms with Crippen LogP contribution in [0.5, 0.6) is 0 Å². The van der Waals surface area contributed by atoms with Gasteiger partial charge in [0, 0.05) is 32.6 Å². The van der Waals surface area contributed by atoms with Crippen LogP contribution in [0.3, 0.4) is 0 Å². The predicted molar refractivity (Wildman–Crippen MR) is 87.1 cm³/mol. The SMILES string of the molecule is CO[C@H]1CNC[C@@H]1NC(=O)c1c(C)nc2ncccn12.Cl.Cl. The lowest BCUT2D eigenvalue weighted by molar-refractivity contribution is 0.0775. The summed E-state index contributed by atoms with van der Waals surface area (Å²) in [5.41, 5.74) is 1.19. The number of nitrogens with one attached hydrogen (secondary N) is 2. The Labute approximate surface area is 140 Å². The van der Waals surface area contributed by atoms with Crippen molar-refractivity contribution in [2.24, 2.45) is 0 Å². The van der Waals surface area contributed by atoms with Gasteiger partial charge in [-0.15, -0.1) is 24.8 Å². The van der Waals surface area contributed by atoms with Crippen molar-refractivity contribution in [2.75, 3.05) is 20.2 Å². The number of amides is 1. The molecule has 3 heterocycles. The van der Waals surface area contributed by atoms with Crippen molar-refractivity contribution in [3.05, 3.63) is 29.8 Å². The number of aromatic nitrogens is 3. The molecule has 0 radical (unpaired) electrons. The van der Waals surface area contributed by atoms with Gasteiger partial charge in [0.05, 0.1) is 17.8 Å². The van der Waals surface area contributed by atoms with Gasteiger partial charge in [-0.2, -0.15) is 0 Å². The van der Waals surface area contributed by atoms with Gasteiger partial charge in [0.2, 0.25) is 5.78 Å². The minimum absolute atomic E-state index is 0. The Hall–Kier alpha value is -1.41. The second kappa shape index (κ2) is 7.73. The molecule has 3 rings (SSSR count). The average Bonchev–Trinajstić information content (AvgIpc) is 3.01. The maximum absolute atomic E-state index is 12.5. The fourth-order valence-electron chi connectivity index (χ4n) is 2.55. The quantitative estimate of drug-likeness (QED) is 0.849. The minimum Gasteiger partial charge on any atom is -0.378 e. The second-order valence-corrected chi connectivity index (χ2v) is 4.85. The fourth-order valence-corrected chi connectivity index (χ4v) is 2.55. The van der Waals surface area contributed by atoms with Gasteiger partial charge in [-0.3, -0.25) is 9.20 Å². The topological polar surface area (TPSA) is 80.5 Å².